The fraction of sp³-hybridized carbons (Fsp3) is 0.200. The van der Waals surface area contributed by atoms with Gasteiger partial charge in [-0.1, -0.05) is 11.6 Å². The number of anilines is 2. The van der Waals surface area contributed by atoms with Gasteiger partial charge in [0.2, 0.25) is 0 Å². The fourth-order valence-electron chi connectivity index (χ4n) is 1.74. The van der Waals surface area contributed by atoms with Gasteiger partial charge in [-0.15, -0.1) is 0 Å². The maximum Gasteiger partial charge on any atom is 0.144 e. The highest BCUT2D eigenvalue weighted by Gasteiger charge is 2.07. The Morgan fingerprint density at radius 2 is 1.95 bits per heavy atom. The van der Waals surface area contributed by atoms with Crippen molar-refractivity contribution < 1.29 is 9.13 Å². The average molecular weight is 295 g/mol. The van der Waals surface area contributed by atoms with Gasteiger partial charge in [0, 0.05) is 36.4 Å². The van der Waals surface area contributed by atoms with E-state index in [1.807, 2.05) is 31.1 Å². The van der Waals surface area contributed by atoms with E-state index in [0.717, 1.165) is 5.69 Å². The van der Waals surface area contributed by atoms with Crippen molar-refractivity contribution in [2.75, 3.05) is 24.7 Å². The number of nitrogens with zero attached hydrogens (tertiary/aromatic N) is 1. The highest BCUT2D eigenvalue weighted by molar-refractivity contribution is 6.30. The lowest BCUT2D eigenvalue weighted by Gasteiger charge is -2.16. The van der Waals surface area contributed by atoms with Crippen LogP contribution < -0.4 is 15.4 Å². The second-order valence-corrected chi connectivity index (χ2v) is 5.08. The summed E-state index contributed by atoms with van der Waals surface area (Å²) in [6, 6.07) is 9.84. The van der Waals surface area contributed by atoms with E-state index in [1.165, 1.54) is 12.1 Å². The summed E-state index contributed by atoms with van der Waals surface area (Å²) in [5, 5.41) is 0.472. The Hall–Kier alpha value is -1.94. The molecule has 0 radical (unpaired) electrons. The molecule has 2 rings (SSSR count). The normalized spacial score (nSPS) is 10.4. The summed E-state index contributed by atoms with van der Waals surface area (Å²) in [5.41, 5.74) is 7.72. The van der Waals surface area contributed by atoms with Crippen molar-refractivity contribution in [2.45, 2.75) is 6.61 Å². The minimum absolute atomic E-state index is 0.0769. The molecule has 0 aliphatic heterocycles. The molecule has 0 saturated heterocycles. The van der Waals surface area contributed by atoms with Crippen LogP contribution in [0.2, 0.25) is 5.02 Å². The summed E-state index contributed by atoms with van der Waals surface area (Å²) < 4.78 is 19.2. The summed E-state index contributed by atoms with van der Waals surface area (Å²) in [6.45, 7) is 0.0769. The number of rotatable bonds is 4. The van der Waals surface area contributed by atoms with E-state index in [2.05, 4.69) is 0 Å². The molecule has 0 fully saturated rings. The lowest BCUT2D eigenvalue weighted by molar-refractivity contribution is 0.301. The molecule has 0 aliphatic carbocycles. The van der Waals surface area contributed by atoms with Crippen LogP contribution in [0.25, 0.3) is 0 Å². The first-order valence-electron chi connectivity index (χ1n) is 6.11. The Balaban J connectivity index is 2.18. The topological polar surface area (TPSA) is 38.5 Å². The van der Waals surface area contributed by atoms with E-state index >= 15 is 0 Å². The molecule has 0 heterocycles. The van der Waals surface area contributed by atoms with Crippen LogP contribution in [0.5, 0.6) is 5.75 Å². The molecular formula is C15H16ClFN2O. The molecule has 0 aliphatic rings. The van der Waals surface area contributed by atoms with E-state index in [-0.39, 0.29) is 12.4 Å². The fourth-order valence-corrected chi connectivity index (χ4v) is 1.93. The smallest absolute Gasteiger partial charge is 0.144 e. The lowest BCUT2D eigenvalue weighted by Crippen LogP contribution is -2.09. The van der Waals surface area contributed by atoms with Crippen molar-refractivity contribution in [3.05, 3.63) is 52.8 Å². The molecule has 0 spiro atoms. The SMILES string of the molecule is CN(C)c1ccc(N)c(OCc2cc(Cl)ccc2F)c1. The predicted molar refractivity (Wildman–Crippen MR) is 80.9 cm³/mol. The van der Waals surface area contributed by atoms with Crippen LogP contribution >= 0.6 is 11.6 Å². The molecule has 2 aromatic carbocycles. The summed E-state index contributed by atoms with van der Waals surface area (Å²) in [7, 11) is 3.85. The molecule has 0 amide bonds. The molecule has 2 N–H and O–H groups in total. The summed E-state index contributed by atoms with van der Waals surface area (Å²) in [5.74, 6) is 0.173. The summed E-state index contributed by atoms with van der Waals surface area (Å²) >= 11 is 5.84. The zero-order valence-corrected chi connectivity index (χ0v) is 12.1. The van der Waals surface area contributed by atoms with Gasteiger partial charge in [0.15, 0.2) is 0 Å². The first kappa shape index (κ1) is 14.5. The van der Waals surface area contributed by atoms with Crippen molar-refractivity contribution in [1.29, 1.82) is 0 Å². The van der Waals surface area contributed by atoms with Crippen molar-refractivity contribution in [3.8, 4) is 5.75 Å². The van der Waals surface area contributed by atoms with Crippen LogP contribution in [-0.2, 0) is 6.61 Å². The standard InChI is InChI=1S/C15H16ClFN2O/c1-19(2)12-4-6-14(18)15(8-12)20-9-10-7-11(16)3-5-13(10)17/h3-8H,9,18H2,1-2H3. The third kappa shape index (κ3) is 3.33. The van der Waals surface area contributed by atoms with Gasteiger partial charge in [0.05, 0.1) is 5.69 Å². The van der Waals surface area contributed by atoms with E-state index < -0.39 is 0 Å². The molecule has 0 aromatic heterocycles. The number of benzene rings is 2. The van der Waals surface area contributed by atoms with Crippen LogP contribution in [0.3, 0.4) is 0 Å². The van der Waals surface area contributed by atoms with Crippen molar-refractivity contribution in [2.24, 2.45) is 0 Å². The predicted octanol–water partition coefficient (Wildman–Crippen LogP) is 3.71. The minimum Gasteiger partial charge on any atom is -0.487 e. The van der Waals surface area contributed by atoms with Gasteiger partial charge in [-0.05, 0) is 30.3 Å². The Morgan fingerprint density at radius 3 is 2.65 bits per heavy atom. The van der Waals surface area contributed by atoms with Crippen LogP contribution in [-0.4, -0.2) is 14.1 Å². The van der Waals surface area contributed by atoms with Crippen molar-refractivity contribution in [1.82, 2.24) is 0 Å². The Bertz CT molecular complexity index is 617. The van der Waals surface area contributed by atoms with Gasteiger partial charge in [-0.3, -0.25) is 0 Å². The number of hydrogen-bond acceptors (Lipinski definition) is 3. The summed E-state index contributed by atoms with van der Waals surface area (Å²) in [4.78, 5) is 1.94. The molecule has 0 unspecified atom stereocenters. The summed E-state index contributed by atoms with van der Waals surface area (Å²) in [6.07, 6.45) is 0. The second kappa shape index (κ2) is 6.01. The van der Waals surface area contributed by atoms with Gasteiger partial charge in [-0.25, -0.2) is 4.39 Å². The maximum absolute atomic E-state index is 13.6. The van der Waals surface area contributed by atoms with Gasteiger partial charge in [0.1, 0.15) is 18.2 Å². The molecule has 3 nitrogen and oxygen atoms in total. The molecule has 0 bridgehead atoms. The van der Waals surface area contributed by atoms with Crippen molar-refractivity contribution in [3.63, 3.8) is 0 Å². The number of nitrogen functional groups attached to an aromatic ring is 1. The molecule has 106 valence electrons. The molecule has 0 atom stereocenters. The largest absolute Gasteiger partial charge is 0.487 e. The molecule has 2 aromatic rings. The van der Waals surface area contributed by atoms with Crippen molar-refractivity contribution >= 4 is 23.0 Å². The minimum atomic E-state index is -0.350. The van der Waals surface area contributed by atoms with Crippen LogP contribution in [0.1, 0.15) is 5.56 Å². The monoisotopic (exact) mass is 294 g/mol. The van der Waals surface area contributed by atoms with Crippen LogP contribution in [0.15, 0.2) is 36.4 Å². The van der Waals surface area contributed by atoms with Gasteiger partial charge in [-0.2, -0.15) is 0 Å². The third-order valence-corrected chi connectivity index (χ3v) is 3.14. The molecular weight excluding hydrogens is 279 g/mol. The second-order valence-electron chi connectivity index (χ2n) is 4.64. The molecule has 20 heavy (non-hydrogen) atoms. The van der Waals surface area contributed by atoms with E-state index in [9.17, 15) is 4.39 Å². The van der Waals surface area contributed by atoms with Gasteiger partial charge in [0.25, 0.3) is 0 Å². The maximum atomic E-state index is 13.6. The van der Waals surface area contributed by atoms with E-state index in [1.54, 1.807) is 12.1 Å². The van der Waals surface area contributed by atoms with Crippen LogP contribution in [0.4, 0.5) is 15.8 Å². The first-order valence-corrected chi connectivity index (χ1v) is 6.49. The Labute approximate surface area is 122 Å². The van der Waals surface area contributed by atoms with E-state index in [0.29, 0.717) is 22.0 Å². The Kier molecular flexibility index (Phi) is 4.35. The first-order chi connectivity index (χ1) is 9.47. The van der Waals surface area contributed by atoms with Crippen LogP contribution in [0, 0.1) is 5.82 Å². The lowest BCUT2D eigenvalue weighted by atomic mass is 10.2. The highest BCUT2D eigenvalue weighted by Crippen LogP contribution is 2.28. The zero-order chi connectivity index (χ0) is 14.7. The number of nitrogens with two attached hydrogens (primary N) is 1. The highest BCUT2D eigenvalue weighted by atomic mass is 35.5. The van der Waals surface area contributed by atoms with Gasteiger partial charge >= 0.3 is 0 Å². The zero-order valence-electron chi connectivity index (χ0n) is 11.4. The Morgan fingerprint density at radius 1 is 1.20 bits per heavy atom. The van der Waals surface area contributed by atoms with Gasteiger partial charge < -0.3 is 15.4 Å². The average Bonchev–Trinajstić information content (AvgIpc) is 2.41. The number of ether oxygens (including phenoxy) is 1. The molecule has 5 heteroatoms. The number of hydrogen-bond donors (Lipinski definition) is 1. The third-order valence-electron chi connectivity index (χ3n) is 2.90. The van der Waals surface area contributed by atoms with E-state index in [4.69, 9.17) is 22.1 Å². The number of halogens is 2. The molecule has 0 saturated carbocycles. The quantitative estimate of drug-likeness (QED) is 0.874.